The lowest BCUT2D eigenvalue weighted by Crippen LogP contribution is -2.56. The van der Waals surface area contributed by atoms with Crippen LogP contribution in [-0.4, -0.2) is 53.2 Å². The van der Waals surface area contributed by atoms with Gasteiger partial charge in [-0.05, 0) is 55.5 Å². The van der Waals surface area contributed by atoms with E-state index < -0.39 is 5.54 Å². The Labute approximate surface area is 213 Å². The van der Waals surface area contributed by atoms with E-state index in [1.54, 1.807) is 11.3 Å². The van der Waals surface area contributed by atoms with Crippen molar-refractivity contribution in [2.45, 2.75) is 44.8 Å². The van der Waals surface area contributed by atoms with E-state index in [-0.39, 0.29) is 5.91 Å². The molecule has 3 aromatic rings. The Morgan fingerprint density at radius 1 is 1.23 bits per heavy atom. The van der Waals surface area contributed by atoms with Crippen LogP contribution in [0.5, 0.6) is 0 Å². The zero-order valence-electron chi connectivity index (χ0n) is 19.8. The highest BCUT2D eigenvalue weighted by Crippen LogP contribution is 2.52. The van der Waals surface area contributed by atoms with E-state index in [9.17, 15) is 4.79 Å². The van der Waals surface area contributed by atoms with Crippen molar-refractivity contribution in [3.8, 4) is 10.6 Å². The van der Waals surface area contributed by atoms with Crippen molar-refractivity contribution in [2.75, 3.05) is 31.7 Å². The number of nitrogens with one attached hydrogen (secondary N) is 1. The summed E-state index contributed by atoms with van der Waals surface area (Å²) in [6.07, 6.45) is 3.75. The molecule has 5 heterocycles. The molecule has 0 unspecified atom stereocenters. The first-order chi connectivity index (χ1) is 17.0. The maximum absolute atomic E-state index is 13.8. The van der Waals surface area contributed by atoms with E-state index in [1.807, 2.05) is 49.2 Å². The number of rotatable bonds is 5. The standard InChI is InChI=1S/C26H27ClN4O3S/c1-15-11-28-25(29-19-6-8-33-9-7-19)30-21(15)22-16(2)20-23(35-22)26(13-34-14-26)31(24(20)32)12-17-4-3-5-18(27)10-17/h3-5,10-11,19H,6-9,12-14H2,1-2H3,(H,28,29,30). The average molecular weight is 511 g/mol. The van der Waals surface area contributed by atoms with E-state index in [0.29, 0.717) is 36.8 Å². The molecule has 1 amide bonds. The molecule has 2 saturated heterocycles. The predicted octanol–water partition coefficient (Wildman–Crippen LogP) is 4.95. The topological polar surface area (TPSA) is 76.6 Å². The summed E-state index contributed by atoms with van der Waals surface area (Å²) in [5.74, 6) is 0.677. The van der Waals surface area contributed by atoms with Gasteiger partial charge in [-0.1, -0.05) is 23.7 Å². The van der Waals surface area contributed by atoms with Gasteiger partial charge in [-0.25, -0.2) is 9.97 Å². The van der Waals surface area contributed by atoms with Gasteiger partial charge in [0.2, 0.25) is 5.95 Å². The van der Waals surface area contributed by atoms with Gasteiger partial charge < -0.3 is 19.7 Å². The van der Waals surface area contributed by atoms with Gasteiger partial charge in [0.25, 0.3) is 5.91 Å². The van der Waals surface area contributed by atoms with Gasteiger partial charge in [-0.3, -0.25) is 4.79 Å². The lowest BCUT2D eigenvalue weighted by molar-refractivity contribution is -0.126. The summed E-state index contributed by atoms with van der Waals surface area (Å²) in [7, 11) is 0. The van der Waals surface area contributed by atoms with E-state index >= 15 is 0 Å². The summed E-state index contributed by atoms with van der Waals surface area (Å²) in [6, 6.07) is 8.01. The van der Waals surface area contributed by atoms with Crippen molar-refractivity contribution in [3.63, 3.8) is 0 Å². The Balaban J connectivity index is 1.35. The van der Waals surface area contributed by atoms with Gasteiger partial charge in [-0.15, -0.1) is 11.3 Å². The third-order valence-corrected chi connectivity index (χ3v) is 8.92. The highest BCUT2D eigenvalue weighted by Gasteiger charge is 2.57. The maximum atomic E-state index is 13.8. The van der Waals surface area contributed by atoms with Gasteiger partial charge >= 0.3 is 0 Å². The second-order valence-electron chi connectivity index (χ2n) is 9.56. The van der Waals surface area contributed by atoms with E-state index in [2.05, 4.69) is 10.3 Å². The van der Waals surface area contributed by atoms with Crippen LogP contribution >= 0.6 is 22.9 Å². The van der Waals surface area contributed by atoms with Gasteiger partial charge in [-0.2, -0.15) is 0 Å². The molecule has 9 heteroatoms. The second-order valence-corrected chi connectivity index (χ2v) is 11.0. The fourth-order valence-electron chi connectivity index (χ4n) is 5.17. The molecule has 0 saturated carbocycles. The molecule has 3 aliphatic heterocycles. The number of carbonyl (C=O) groups is 1. The molecule has 1 aromatic carbocycles. The minimum Gasteiger partial charge on any atom is -0.381 e. The Morgan fingerprint density at radius 2 is 2.03 bits per heavy atom. The molecule has 7 nitrogen and oxygen atoms in total. The molecule has 1 spiro atoms. The van der Waals surface area contributed by atoms with Gasteiger partial charge in [0.1, 0.15) is 5.54 Å². The molecule has 35 heavy (non-hydrogen) atoms. The summed E-state index contributed by atoms with van der Waals surface area (Å²) < 4.78 is 11.1. The molecule has 2 fully saturated rings. The smallest absolute Gasteiger partial charge is 0.256 e. The van der Waals surface area contributed by atoms with Crippen LogP contribution in [0.3, 0.4) is 0 Å². The van der Waals surface area contributed by atoms with Gasteiger partial charge in [0.05, 0.1) is 29.3 Å². The quantitative estimate of drug-likeness (QED) is 0.523. The predicted molar refractivity (Wildman–Crippen MR) is 136 cm³/mol. The molecule has 0 bridgehead atoms. The first kappa shape index (κ1) is 22.9. The first-order valence-corrected chi connectivity index (χ1v) is 13.1. The summed E-state index contributed by atoms with van der Waals surface area (Å²) in [4.78, 5) is 27.3. The van der Waals surface area contributed by atoms with Gasteiger partial charge in [0.15, 0.2) is 0 Å². The summed E-state index contributed by atoms with van der Waals surface area (Å²) in [6.45, 7) is 7.08. The molecule has 2 aromatic heterocycles. The molecule has 6 rings (SSSR count). The molecule has 1 N–H and O–H groups in total. The number of thiophene rings is 1. The molecule has 0 radical (unpaired) electrons. The number of amides is 1. The Hall–Kier alpha value is -2.52. The molecular weight excluding hydrogens is 484 g/mol. The Kier molecular flexibility index (Phi) is 5.79. The van der Waals surface area contributed by atoms with Crippen molar-refractivity contribution in [3.05, 3.63) is 62.6 Å². The van der Waals surface area contributed by atoms with Gasteiger partial charge in [0, 0.05) is 41.9 Å². The number of halogens is 1. The lowest BCUT2D eigenvalue weighted by atomic mass is 9.94. The molecular formula is C26H27ClN4O3S. The Bertz CT molecular complexity index is 1300. The normalized spacial score (nSPS) is 19.2. The lowest BCUT2D eigenvalue weighted by Gasteiger charge is -2.45. The van der Waals surface area contributed by atoms with Crippen LogP contribution in [0.15, 0.2) is 30.5 Å². The number of fused-ring (bicyclic) bond motifs is 2. The summed E-state index contributed by atoms with van der Waals surface area (Å²) in [5.41, 5.74) is 4.25. The third-order valence-electron chi connectivity index (χ3n) is 7.20. The van der Waals surface area contributed by atoms with Crippen molar-refractivity contribution >= 4 is 34.8 Å². The molecule has 3 aliphatic rings. The molecule has 0 aliphatic carbocycles. The maximum Gasteiger partial charge on any atom is 0.256 e. The van der Waals surface area contributed by atoms with Crippen LogP contribution in [0.4, 0.5) is 5.95 Å². The average Bonchev–Trinajstić information content (AvgIpc) is 3.28. The van der Waals surface area contributed by atoms with Crippen molar-refractivity contribution in [1.29, 1.82) is 0 Å². The summed E-state index contributed by atoms with van der Waals surface area (Å²) in [5, 5.41) is 4.14. The number of aryl methyl sites for hydroxylation is 1. The number of benzene rings is 1. The number of aromatic nitrogens is 2. The Morgan fingerprint density at radius 3 is 2.74 bits per heavy atom. The second kappa shape index (κ2) is 8.85. The van der Waals surface area contributed by atoms with Crippen molar-refractivity contribution < 1.29 is 14.3 Å². The number of hydrogen-bond donors (Lipinski definition) is 1. The van der Waals surface area contributed by atoms with Crippen LogP contribution in [0, 0.1) is 13.8 Å². The zero-order chi connectivity index (χ0) is 24.2. The fraction of sp³-hybridized carbons (Fsp3) is 0.423. The monoisotopic (exact) mass is 510 g/mol. The SMILES string of the molecule is Cc1cnc(NC2CCOCC2)nc1-c1sc2c(c1C)C(=O)N(Cc1cccc(Cl)c1)C21COC1. The minimum atomic E-state index is -0.424. The molecule has 0 atom stereocenters. The third kappa shape index (κ3) is 3.83. The van der Waals surface area contributed by atoms with Crippen LogP contribution in [0.25, 0.3) is 10.6 Å². The van der Waals surface area contributed by atoms with E-state index in [4.69, 9.17) is 26.1 Å². The van der Waals surface area contributed by atoms with Crippen LogP contribution in [-0.2, 0) is 21.6 Å². The van der Waals surface area contributed by atoms with E-state index in [1.165, 1.54) is 0 Å². The number of nitrogens with zero attached hydrogens (tertiary/aromatic N) is 3. The van der Waals surface area contributed by atoms with Crippen molar-refractivity contribution in [1.82, 2.24) is 14.9 Å². The fourth-order valence-corrected chi connectivity index (χ4v) is 6.90. The van der Waals surface area contributed by atoms with Crippen molar-refractivity contribution in [2.24, 2.45) is 0 Å². The number of carbonyl (C=O) groups excluding carboxylic acids is 1. The highest BCUT2D eigenvalue weighted by atomic mass is 35.5. The number of hydrogen-bond acceptors (Lipinski definition) is 7. The zero-order valence-corrected chi connectivity index (χ0v) is 21.3. The van der Waals surface area contributed by atoms with Crippen LogP contribution < -0.4 is 5.32 Å². The number of anilines is 1. The largest absolute Gasteiger partial charge is 0.381 e. The minimum absolute atomic E-state index is 0.0514. The van der Waals surface area contributed by atoms with E-state index in [0.717, 1.165) is 63.8 Å². The number of ether oxygens (including phenoxy) is 2. The summed E-state index contributed by atoms with van der Waals surface area (Å²) >= 11 is 7.88. The highest BCUT2D eigenvalue weighted by molar-refractivity contribution is 7.16. The van der Waals surface area contributed by atoms with Crippen LogP contribution in [0.1, 0.15) is 44.8 Å². The van der Waals surface area contributed by atoms with Crippen LogP contribution in [0.2, 0.25) is 5.02 Å². The first-order valence-electron chi connectivity index (χ1n) is 11.9. The molecule has 182 valence electrons.